The van der Waals surface area contributed by atoms with Crippen molar-refractivity contribution < 1.29 is 14.3 Å². The van der Waals surface area contributed by atoms with Crippen LogP contribution in [0.15, 0.2) is 60.0 Å². The van der Waals surface area contributed by atoms with Gasteiger partial charge in [0.05, 0.1) is 18.0 Å². The van der Waals surface area contributed by atoms with E-state index in [1.807, 2.05) is 49.4 Å². The molecule has 1 heterocycles. The molecule has 0 atom stereocenters. The number of nitrogens with one attached hydrogen (secondary N) is 2. The first-order valence-electron chi connectivity index (χ1n) is 9.38. The van der Waals surface area contributed by atoms with Crippen LogP contribution < -0.4 is 15.4 Å². The third-order valence-corrected chi connectivity index (χ3v) is 4.92. The van der Waals surface area contributed by atoms with E-state index in [4.69, 9.17) is 4.74 Å². The molecule has 0 saturated carbocycles. The van der Waals surface area contributed by atoms with Crippen molar-refractivity contribution >= 4 is 29.3 Å². The van der Waals surface area contributed by atoms with E-state index in [2.05, 4.69) is 20.8 Å². The zero-order valence-electron chi connectivity index (χ0n) is 16.8. The van der Waals surface area contributed by atoms with E-state index < -0.39 is 0 Å². The number of carbonyl (C=O) groups excluding carboxylic acids is 2. The second kappa shape index (κ2) is 10.4. The van der Waals surface area contributed by atoms with Crippen LogP contribution in [0.2, 0.25) is 0 Å². The van der Waals surface area contributed by atoms with E-state index >= 15 is 0 Å². The van der Waals surface area contributed by atoms with Crippen molar-refractivity contribution in [1.29, 1.82) is 0 Å². The number of amides is 2. The molecule has 8 nitrogen and oxygen atoms in total. The van der Waals surface area contributed by atoms with Crippen molar-refractivity contribution in [1.82, 2.24) is 20.1 Å². The first-order chi connectivity index (χ1) is 14.5. The lowest BCUT2D eigenvalue weighted by Gasteiger charge is -2.09. The van der Waals surface area contributed by atoms with Crippen LogP contribution >= 0.6 is 11.8 Å². The van der Waals surface area contributed by atoms with Crippen LogP contribution in [0.25, 0.3) is 5.69 Å². The van der Waals surface area contributed by atoms with Gasteiger partial charge in [-0.1, -0.05) is 30.0 Å². The lowest BCUT2D eigenvalue weighted by Crippen LogP contribution is -2.29. The second-order valence-corrected chi connectivity index (χ2v) is 7.46. The summed E-state index contributed by atoms with van der Waals surface area (Å²) in [5, 5.41) is 14.2. The van der Waals surface area contributed by atoms with Crippen LogP contribution in [0.3, 0.4) is 0 Å². The Morgan fingerprint density at radius 3 is 2.80 bits per heavy atom. The number of aryl methyl sites for hydroxylation is 1. The highest BCUT2D eigenvalue weighted by Crippen LogP contribution is 2.21. The molecular weight excluding hydrogens is 402 g/mol. The number of rotatable bonds is 9. The highest BCUT2D eigenvalue weighted by atomic mass is 32.2. The molecule has 0 bridgehead atoms. The molecule has 30 heavy (non-hydrogen) atoms. The quantitative estimate of drug-likeness (QED) is 0.404. The molecule has 1 aromatic heterocycles. The highest BCUT2D eigenvalue weighted by Gasteiger charge is 2.11. The average Bonchev–Trinajstić information content (AvgIpc) is 3.18. The normalized spacial score (nSPS) is 10.5. The fraction of sp³-hybridized carbons (Fsp3) is 0.238. The maximum absolute atomic E-state index is 12.1. The van der Waals surface area contributed by atoms with Gasteiger partial charge in [0, 0.05) is 12.6 Å². The lowest BCUT2D eigenvalue weighted by molar-refractivity contribution is -0.118. The van der Waals surface area contributed by atoms with Gasteiger partial charge in [0.25, 0.3) is 0 Å². The SMILES string of the molecule is CC(=O)Nc1cccc(-n2cnnc2SCC(=O)NCCOc2cccc(C)c2)c1. The Morgan fingerprint density at radius 2 is 2.00 bits per heavy atom. The van der Waals surface area contributed by atoms with E-state index in [1.54, 1.807) is 17.0 Å². The van der Waals surface area contributed by atoms with Crippen molar-refractivity contribution in [3.63, 3.8) is 0 Å². The molecule has 0 saturated heterocycles. The molecule has 2 aromatic carbocycles. The van der Waals surface area contributed by atoms with Crippen LogP contribution in [-0.2, 0) is 9.59 Å². The maximum atomic E-state index is 12.1. The summed E-state index contributed by atoms with van der Waals surface area (Å²) in [5.74, 6) is 0.727. The van der Waals surface area contributed by atoms with Gasteiger partial charge in [0.2, 0.25) is 11.8 Å². The minimum absolute atomic E-state index is 0.116. The number of aromatic nitrogens is 3. The number of hydrogen-bond acceptors (Lipinski definition) is 6. The van der Waals surface area contributed by atoms with Crippen molar-refractivity contribution in [2.45, 2.75) is 19.0 Å². The molecule has 3 rings (SSSR count). The Hall–Kier alpha value is -3.33. The highest BCUT2D eigenvalue weighted by molar-refractivity contribution is 7.99. The van der Waals surface area contributed by atoms with Gasteiger partial charge in [-0.3, -0.25) is 14.2 Å². The molecule has 0 spiro atoms. The predicted molar refractivity (Wildman–Crippen MR) is 116 cm³/mol. The molecule has 3 aromatic rings. The van der Waals surface area contributed by atoms with Gasteiger partial charge in [0.15, 0.2) is 5.16 Å². The van der Waals surface area contributed by atoms with Gasteiger partial charge in [-0.05, 0) is 42.8 Å². The Labute approximate surface area is 179 Å². The first kappa shape index (κ1) is 21.4. The van der Waals surface area contributed by atoms with Gasteiger partial charge >= 0.3 is 0 Å². The van der Waals surface area contributed by atoms with E-state index in [-0.39, 0.29) is 17.6 Å². The molecular formula is C21H23N5O3S. The lowest BCUT2D eigenvalue weighted by atomic mass is 10.2. The summed E-state index contributed by atoms with van der Waals surface area (Å²) in [6.45, 7) is 4.27. The van der Waals surface area contributed by atoms with E-state index in [9.17, 15) is 9.59 Å². The number of nitrogens with zero attached hydrogens (tertiary/aromatic N) is 3. The van der Waals surface area contributed by atoms with Crippen molar-refractivity contribution in [2.75, 3.05) is 24.2 Å². The molecule has 0 aliphatic heterocycles. The van der Waals surface area contributed by atoms with E-state index in [1.165, 1.54) is 18.7 Å². The zero-order chi connectivity index (χ0) is 21.3. The zero-order valence-corrected chi connectivity index (χ0v) is 17.6. The number of carbonyl (C=O) groups is 2. The second-order valence-electron chi connectivity index (χ2n) is 6.52. The van der Waals surface area contributed by atoms with Crippen LogP contribution in [0.1, 0.15) is 12.5 Å². The Kier molecular flexibility index (Phi) is 7.45. The van der Waals surface area contributed by atoms with Crippen molar-refractivity contribution in [3.8, 4) is 11.4 Å². The molecule has 2 amide bonds. The van der Waals surface area contributed by atoms with E-state index in [0.717, 1.165) is 17.0 Å². The fourth-order valence-corrected chi connectivity index (χ4v) is 3.44. The summed E-state index contributed by atoms with van der Waals surface area (Å²) in [4.78, 5) is 23.4. The number of hydrogen-bond donors (Lipinski definition) is 2. The number of ether oxygens (including phenoxy) is 1. The van der Waals surface area contributed by atoms with Gasteiger partial charge in [0.1, 0.15) is 18.7 Å². The van der Waals surface area contributed by atoms with E-state index in [0.29, 0.717) is 24.0 Å². The van der Waals surface area contributed by atoms with Crippen LogP contribution in [0, 0.1) is 6.92 Å². The standard InChI is InChI=1S/C21H23N5O3S/c1-15-5-3-8-19(11-15)29-10-9-22-20(28)13-30-21-25-23-14-26(21)18-7-4-6-17(12-18)24-16(2)27/h3-8,11-12,14H,9-10,13H2,1-2H3,(H,22,28)(H,24,27). The minimum atomic E-state index is -0.145. The molecule has 0 aliphatic carbocycles. The van der Waals surface area contributed by atoms with Crippen molar-refractivity contribution in [2.24, 2.45) is 0 Å². The molecule has 2 N–H and O–H groups in total. The Balaban J connectivity index is 1.48. The number of anilines is 1. The van der Waals surface area contributed by atoms with Gasteiger partial charge in [-0.15, -0.1) is 10.2 Å². The van der Waals surface area contributed by atoms with Gasteiger partial charge in [-0.25, -0.2) is 0 Å². The summed E-state index contributed by atoms with van der Waals surface area (Å²) in [6.07, 6.45) is 1.57. The average molecular weight is 426 g/mol. The molecule has 0 fully saturated rings. The fourth-order valence-electron chi connectivity index (χ4n) is 2.68. The van der Waals surface area contributed by atoms with Gasteiger partial charge in [-0.2, -0.15) is 0 Å². The minimum Gasteiger partial charge on any atom is -0.492 e. The summed E-state index contributed by atoms with van der Waals surface area (Å²) in [5.41, 5.74) is 2.59. The van der Waals surface area contributed by atoms with Crippen LogP contribution in [-0.4, -0.2) is 45.5 Å². The van der Waals surface area contributed by atoms with Crippen LogP contribution in [0.4, 0.5) is 5.69 Å². The maximum Gasteiger partial charge on any atom is 0.230 e. The Bertz CT molecular complexity index is 1020. The summed E-state index contributed by atoms with van der Waals surface area (Å²) in [7, 11) is 0. The molecule has 0 unspecified atom stereocenters. The number of benzene rings is 2. The monoisotopic (exact) mass is 425 g/mol. The molecule has 0 aliphatic rings. The third kappa shape index (κ3) is 6.35. The topological polar surface area (TPSA) is 98.1 Å². The molecule has 9 heteroatoms. The third-order valence-electron chi connectivity index (χ3n) is 3.98. The summed E-state index contributed by atoms with van der Waals surface area (Å²) in [6, 6.07) is 15.1. The van der Waals surface area contributed by atoms with Gasteiger partial charge < -0.3 is 15.4 Å². The van der Waals surface area contributed by atoms with Crippen LogP contribution in [0.5, 0.6) is 5.75 Å². The molecule has 156 valence electrons. The summed E-state index contributed by atoms with van der Waals surface area (Å²) < 4.78 is 7.39. The predicted octanol–water partition coefficient (Wildman–Crippen LogP) is 2.82. The summed E-state index contributed by atoms with van der Waals surface area (Å²) >= 11 is 1.28. The largest absolute Gasteiger partial charge is 0.492 e. The Morgan fingerprint density at radius 1 is 1.17 bits per heavy atom. The first-order valence-corrected chi connectivity index (χ1v) is 10.4. The smallest absolute Gasteiger partial charge is 0.230 e. The molecule has 0 radical (unpaired) electrons. The number of thioether (sulfide) groups is 1. The van der Waals surface area contributed by atoms with Crippen molar-refractivity contribution in [3.05, 3.63) is 60.4 Å².